The van der Waals surface area contributed by atoms with Gasteiger partial charge in [-0.25, -0.2) is 13.4 Å². The Balaban J connectivity index is 1.69. The molecule has 0 unspecified atom stereocenters. The summed E-state index contributed by atoms with van der Waals surface area (Å²) in [6.45, 7) is 1.94. The number of rotatable bonds is 5. The second-order valence-electron chi connectivity index (χ2n) is 5.51. The number of amides is 1. The van der Waals surface area contributed by atoms with Crippen molar-refractivity contribution in [3.05, 3.63) is 59.7 Å². The molecule has 0 saturated carbocycles. The Kier molecular flexibility index (Phi) is 4.64. The Labute approximate surface area is 144 Å². The summed E-state index contributed by atoms with van der Waals surface area (Å²) < 4.78 is 25.3. The summed E-state index contributed by atoms with van der Waals surface area (Å²) in [7, 11) is -3.53. The first kappa shape index (κ1) is 16.6. The summed E-state index contributed by atoms with van der Waals surface area (Å²) in [5.74, 6) is -1.28. The largest absolute Gasteiger partial charge is 0.301 e. The molecule has 1 heterocycles. The number of carbonyl (C=O) groups excluding carboxylic acids is 1. The van der Waals surface area contributed by atoms with Crippen molar-refractivity contribution in [2.24, 2.45) is 0 Å². The molecule has 0 aliphatic heterocycles. The van der Waals surface area contributed by atoms with Gasteiger partial charge in [0.05, 0.1) is 16.0 Å². The van der Waals surface area contributed by atoms with Gasteiger partial charge >= 0.3 is 0 Å². The topological polar surface area (TPSA) is 76.1 Å². The Morgan fingerprint density at radius 2 is 1.88 bits per heavy atom. The van der Waals surface area contributed by atoms with Gasteiger partial charge in [-0.05, 0) is 24.1 Å². The van der Waals surface area contributed by atoms with E-state index in [1.807, 2.05) is 31.2 Å². The Morgan fingerprint density at radius 3 is 2.58 bits per heavy atom. The average molecular weight is 360 g/mol. The SMILES string of the molecule is Cc1cccc2sc(NC(=O)CS(=O)(=O)Cc3ccccc3)nc12. The van der Waals surface area contributed by atoms with Gasteiger partial charge in [0.2, 0.25) is 5.91 Å². The third kappa shape index (κ3) is 3.98. The quantitative estimate of drug-likeness (QED) is 0.758. The van der Waals surface area contributed by atoms with Gasteiger partial charge in [-0.2, -0.15) is 0 Å². The molecule has 1 aromatic heterocycles. The monoisotopic (exact) mass is 360 g/mol. The number of hydrogen-bond acceptors (Lipinski definition) is 5. The highest BCUT2D eigenvalue weighted by Gasteiger charge is 2.18. The van der Waals surface area contributed by atoms with Crippen LogP contribution in [0.3, 0.4) is 0 Å². The van der Waals surface area contributed by atoms with E-state index >= 15 is 0 Å². The van der Waals surface area contributed by atoms with Crippen LogP contribution in [-0.2, 0) is 20.4 Å². The molecule has 3 aromatic rings. The molecular weight excluding hydrogens is 344 g/mol. The molecule has 5 nitrogen and oxygen atoms in total. The number of thiazole rings is 1. The van der Waals surface area contributed by atoms with Gasteiger partial charge < -0.3 is 5.32 Å². The fourth-order valence-corrected chi connectivity index (χ4v) is 4.61. The number of fused-ring (bicyclic) bond motifs is 1. The summed E-state index contributed by atoms with van der Waals surface area (Å²) in [6.07, 6.45) is 0. The van der Waals surface area contributed by atoms with Crippen LogP contribution in [0.2, 0.25) is 0 Å². The molecule has 7 heteroatoms. The minimum Gasteiger partial charge on any atom is -0.301 e. The van der Waals surface area contributed by atoms with Crippen molar-refractivity contribution in [2.75, 3.05) is 11.1 Å². The lowest BCUT2D eigenvalue weighted by Crippen LogP contribution is -2.23. The predicted octanol–water partition coefficient (Wildman–Crippen LogP) is 3.16. The van der Waals surface area contributed by atoms with Gasteiger partial charge in [-0.1, -0.05) is 53.8 Å². The first-order chi connectivity index (χ1) is 11.4. The third-order valence-corrected chi connectivity index (χ3v) is 5.86. The molecule has 0 radical (unpaired) electrons. The van der Waals surface area contributed by atoms with Crippen LogP contribution in [0.5, 0.6) is 0 Å². The van der Waals surface area contributed by atoms with Crippen molar-refractivity contribution in [3.8, 4) is 0 Å². The molecule has 1 N–H and O–H groups in total. The van der Waals surface area contributed by atoms with Crippen LogP contribution in [0.25, 0.3) is 10.2 Å². The summed E-state index contributed by atoms with van der Waals surface area (Å²) >= 11 is 1.33. The Hall–Kier alpha value is -2.25. The zero-order valence-corrected chi connectivity index (χ0v) is 14.7. The van der Waals surface area contributed by atoms with Crippen molar-refractivity contribution < 1.29 is 13.2 Å². The number of aryl methyl sites for hydroxylation is 1. The molecular formula is C17H16N2O3S2. The molecule has 0 atom stereocenters. The first-order valence-corrected chi connectivity index (χ1v) is 9.97. The van der Waals surface area contributed by atoms with Gasteiger partial charge in [0.1, 0.15) is 5.75 Å². The van der Waals surface area contributed by atoms with Crippen LogP contribution < -0.4 is 5.32 Å². The average Bonchev–Trinajstić information content (AvgIpc) is 2.90. The smallest absolute Gasteiger partial charge is 0.241 e. The van der Waals surface area contributed by atoms with Crippen molar-refractivity contribution in [3.63, 3.8) is 0 Å². The van der Waals surface area contributed by atoms with Gasteiger partial charge in [0.25, 0.3) is 0 Å². The molecule has 0 aliphatic rings. The van der Waals surface area contributed by atoms with Crippen molar-refractivity contribution >= 4 is 42.4 Å². The Bertz CT molecular complexity index is 979. The lowest BCUT2D eigenvalue weighted by atomic mass is 10.2. The molecule has 0 aliphatic carbocycles. The maximum Gasteiger partial charge on any atom is 0.241 e. The van der Waals surface area contributed by atoms with Gasteiger partial charge in [0.15, 0.2) is 15.0 Å². The van der Waals surface area contributed by atoms with Crippen LogP contribution >= 0.6 is 11.3 Å². The van der Waals surface area contributed by atoms with Crippen molar-refractivity contribution in [1.29, 1.82) is 0 Å². The highest BCUT2D eigenvalue weighted by molar-refractivity contribution is 7.91. The number of aromatic nitrogens is 1. The lowest BCUT2D eigenvalue weighted by molar-refractivity contribution is -0.113. The molecule has 1 amide bonds. The zero-order valence-electron chi connectivity index (χ0n) is 13.0. The van der Waals surface area contributed by atoms with E-state index in [0.717, 1.165) is 15.8 Å². The minimum absolute atomic E-state index is 0.153. The Morgan fingerprint density at radius 1 is 1.12 bits per heavy atom. The summed E-state index contributed by atoms with van der Waals surface area (Å²) in [4.78, 5) is 16.4. The van der Waals surface area contributed by atoms with Gasteiger partial charge in [-0.3, -0.25) is 4.79 Å². The highest BCUT2D eigenvalue weighted by Crippen LogP contribution is 2.27. The fraction of sp³-hybridized carbons (Fsp3) is 0.176. The zero-order chi connectivity index (χ0) is 17.2. The molecule has 0 spiro atoms. The van der Waals surface area contributed by atoms with Gasteiger partial charge in [-0.15, -0.1) is 0 Å². The molecule has 3 rings (SSSR count). The van der Waals surface area contributed by atoms with Crippen LogP contribution in [0, 0.1) is 6.92 Å². The molecule has 0 fully saturated rings. The van der Waals surface area contributed by atoms with E-state index in [1.165, 1.54) is 11.3 Å². The number of benzene rings is 2. The fourth-order valence-electron chi connectivity index (χ4n) is 2.37. The van der Waals surface area contributed by atoms with E-state index < -0.39 is 21.5 Å². The third-order valence-electron chi connectivity index (χ3n) is 3.45. The molecule has 24 heavy (non-hydrogen) atoms. The number of carbonyl (C=O) groups is 1. The number of para-hydroxylation sites is 1. The first-order valence-electron chi connectivity index (χ1n) is 7.33. The molecule has 124 valence electrons. The summed E-state index contributed by atoms with van der Waals surface area (Å²) in [5.41, 5.74) is 2.51. The maximum atomic E-state index is 12.1. The van der Waals surface area contributed by atoms with E-state index in [0.29, 0.717) is 10.7 Å². The van der Waals surface area contributed by atoms with Crippen LogP contribution in [0.1, 0.15) is 11.1 Å². The minimum atomic E-state index is -3.53. The van der Waals surface area contributed by atoms with E-state index in [4.69, 9.17) is 0 Å². The number of anilines is 1. The van der Waals surface area contributed by atoms with Crippen molar-refractivity contribution in [1.82, 2.24) is 4.98 Å². The van der Waals surface area contributed by atoms with Gasteiger partial charge in [0, 0.05) is 0 Å². The summed E-state index contributed by atoms with van der Waals surface area (Å²) in [6, 6.07) is 14.6. The number of nitrogens with zero attached hydrogens (tertiary/aromatic N) is 1. The number of hydrogen-bond donors (Lipinski definition) is 1. The van der Waals surface area contributed by atoms with E-state index in [1.54, 1.807) is 24.3 Å². The van der Waals surface area contributed by atoms with E-state index in [2.05, 4.69) is 10.3 Å². The summed E-state index contributed by atoms with van der Waals surface area (Å²) in [5, 5.41) is 3.01. The molecule has 0 bridgehead atoms. The van der Waals surface area contributed by atoms with E-state index in [-0.39, 0.29) is 5.75 Å². The normalized spacial score (nSPS) is 11.5. The van der Waals surface area contributed by atoms with Crippen LogP contribution in [-0.4, -0.2) is 25.1 Å². The maximum absolute atomic E-state index is 12.1. The van der Waals surface area contributed by atoms with Crippen LogP contribution in [0.4, 0.5) is 5.13 Å². The predicted molar refractivity (Wildman–Crippen MR) is 96.9 cm³/mol. The molecule has 0 saturated heterocycles. The van der Waals surface area contributed by atoms with Crippen molar-refractivity contribution in [2.45, 2.75) is 12.7 Å². The molecule has 2 aromatic carbocycles. The van der Waals surface area contributed by atoms with E-state index in [9.17, 15) is 13.2 Å². The standard InChI is InChI=1S/C17H16N2O3S2/c1-12-6-5-9-14-16(12)19-17(23-14)18-15(20)11-24(21,22)10-13-7-3-2-4-8-13/h2-9H,10-11H2,1H3,(H,18,19,20). The number of nitrogens with one attached hydrogen (secondary N) is 1. The second kappa shape index (κ2) is 6.70. The number of sulfone groups is 1. The van der Waals surface area contributed by atoms with Crippen LogP contribution in [0.15, 0.2) is 48.5 Å². The highest BCUT2D eigenvalue weighted by atomic mass is 32.2. The lowest BCUT2D eigenvalue weighted by Gasteiger charge is -2.04. The second-order valence-corrected chi connectivity index (χ2v) is 8.60.